The van der Waals surface area contributed by atoms with Crippen LogP contribution in [0.3, 0.4) is 0 Å². The Kier molecular flexibility index (Phi) is 6.85. The molecule has 2 rings (SSSR count). The van der Waals surface area contributed by atoms with Gasteiger partial charge in [-0.3, -0.25) is 0 Å². The van der Waals surface area contributed by atoms with Crippen LogP contribution in [0.15, 0.2) is 18.2 Å². The maximum absolute atomic E-state index is 6.39. The molecule has 1 fully saturated rings. The van der Waals surface area contributed by atoms with E-state index in [4.69, 9.17) is 23.2 Å². The Labute approximate surface area is 139 Å². The standard InChI is InChI=1S/C18H27Cl2N/c1-3-13-8-9-15(12-21-4-2)16(10-13)11-14-6-5-7-17(19)18(14)20/h5-7,13,15-16,21H,3-4,8-12H2,1-2H3. The fraction of sp³-hybridized carbons (Fsp3) is 0.667. The summed E-state index contributed by atoms with van der Waals surface area (Å²) in [5.74, 6) is 2.37. The summed E-state index contributed by atoms with van der Waals surface area (Å²) in [6.45, 7) is 6.69. The summed E-state index contributed by atoms with van der Waals surface area (Å²) in [6.07, 6.45) is 6.41. The zero-order chi connectivity index (χ0) is 15.2. The van der Waals surface area contributed by atoms with E-state index in [2.05, 4.69) is 25.2 Å². The molecule has 0 heterocycles. The van der Waals surface area contributed by atoms with Gasteiger partial charge in [0, 0.05) is 0 Å². The molecule has 0 radical (unpaired) electrons. The van der Waals surface area contributed by atoms with Crippen LogP contribution in [0.1, 0.15) is 45.1 Å². The minimum absolute atomic E-state index is 0.681. The summed E-state index contributed by atoms with van der Waals surface area (Å²) < 4.78 is 0. The Balaban J connectivity index is 2.09. The van der Waals surface area contributed by atoms with E-state index in [0.29, 0.717) is 5.02 Å². The average molecular weight is 328 g/mol. The highest BCUT2D eigenvalue weighted by Gasteiger charge is 2.30. The molecule has 1 aromatic rings. The van der Waals surface area contributed by atoms with E-state index in [-0.39, 0.29) is 0 Å². The van der Waals surface area contributed by atoms with Crippen molar-refractivity contribution in [2.24, 2.45) is 17.8 Å². The van der Waals surface area contributed by atoms with Crippen molar-refractivity contribution in [2.75, 3.05) is 13.1 Å². The maximum Gasteiger partial charge on any atom is 0.0624 e. The third-order valence-electron chi connectivity index (χ3n) is 5.00. The molecule has 3 atom stereocenters. The van der Waals surface area contributed by atoms with Gasteiger partial charge in [0.05, 0.1) is 10.0 Å². The summed E-state index contributed by atoms with van der Waals surface area (Å²) >= 11 is 12.6. The van der Waals surface area contributed by atoms with Crippen LogP contribution in [-0.4, -0.2) is 13.1 Å². The number of benzene rings is 1. The average Bonchev–Trinajstić information content (AvgIpc) is 2.50. The first kappa shape index (κ1) is 17.1. The Morgan fingerprint density at radius 2 is 1.95 bits per heavy atom. The van der Waals surface area contributed by atoms with E-state index in [1.165, 1.54) is 31.2 Å². The lowest BCUT2D eigenvalue weighted by Gasteiger charge is -2.36. The highest BCUT2D eigenvalue weighted by Crippen LogP contribution is 2.39. The van der Waals surface area contributed by atoms with Gasteiger partial charge in [-0.15, -0.1) is 0 Å². The number of hydrogen-bond acceptors (Lipinski definition) is 1. The SMILES string of the molecule is CCNCC1CCC(CC)CC1Cc1cccc(Cl)c1Cl. The van der Waals surface area contributed by atoms with Gasteiger partial charge in [-0.2, -0.15) is 0 Å². The second-order valence-electron chi connectivity index (χ2n) is 6.33. The smallest absolute Gasteiger partial charge is 0.0624 e. The highest BCUT2D eigenvalue weighted by molar-refractivity contribution is 6.42. The second kappa shape index (κ2) is 8.41. The van der Waals surface area contributed by atoms with Gasteiger partial charge in [0.15, 0.2) is 0 Å². The summed E-state index contributed by atoms with van der Waals surface area (Å²) in [5.41, 5.74) is 1.22. The van der Waals surface area contributed by atoms with E-state index in [9.17, 15) is 0 Å². The Hall–Kier alpha value is -0.240. The van der Waals surface area contributed by atoms with Crippen LogP contribution in [0.5, 0.6) is 0 Å². The van der Waals surface area contributed by atoms with Gasteiger partial charge in [0.2, 0.25) is 0 Å². The Morgan fingerprint density at radius 1 is 1.14 bits per heavy atom. The van der Waals surface area contributed by atoms with E-state index < -0.39 is 0 Å². The number of nitrogens with one attached hydrogen (secondary N) is 1. The molecule has 0 aliphatic heterocycles. The quantitative estimate of drug-likeness (QED) is 0.718. The Morgan fingerprint density at radius 3 is 2.67 bits per heavy atom. The zero-order valence-corrected chi connectivity index (χ0v) is 14.7. The van der Waals surface area contributed by atoms with Crippen molar-refractivity contribution in [2.45, 2.75) is 46.0 Å². The first-order valence-corrected chi connectivity index (χ1v) is 9.04. The van der Waals surface area contributed by atoms with Gasteiger partial charge in [-0.1, -0.05) is 62.0 Å². The molecule has 0 saturated heterocycles. The molecular weight excluding hydrogens is 301 g/mol. The van der Waals surface area contributed by atoms with Crippen LogP contribution in [0.2, 0.25) is 10.0 Å². The Bertz CT molecular complexity index is 447. The summed E-state index contributed by atoms with van der Waals surface area (Å²) in [6, 6.07) is 6.02. The summed E-state index contributed by atoms with van der Waals surface area (Å²) in [5, 5.41) is 4.96. The fourth-order valence-electron chi connectivity index (χ4n) is 3.63. The lowest BCUT2D eigenvalue weighted by atomic mass is 9.71. The van der Waals surface area contributed by atoms with Crippen LogP contribution in [0.25, 0.3) is 0 Å². The predicted octanol–water partition coefficient (Wildman–Crippen LogP) is 5.59. The van der Waals surface area contributed by atoms with Crippen LogP contribution < -0.4 is 5.32 Å². The van der Waals surface area contributed by atoms with E-state index >= 15 is 0 Å². The third-order valence-corrected chi connectivity index (χ3v) is 5.85. The molecule has 0 spiro atoms. The van der Waals surface area contributed by atoms with Crippen LogP contribution >= 0.6 is 23.2 Å². The minimum Gasteiger partial charge on any atom is -0.317 e. The van der Waals surface area contributed by atoms with Gasteiger partial charge in [0.25, 0.3) is 0 Å². The lowest BCUT2D eigenvalue weighted by Crippen LogP contribution is -2.34. The molecule has 1 aliphatic rings. The molecular formula is C18H27Cl2N. The molecule has 0 aromatic heterocycles. The van der Waals surface area contributed by atoms with Gasteiger partial charge < -0.3 is 5.32 Å². The van der Waals surface area contributed by atoms with Crippen molar-refractivity contribution >= 4 is 23.2 Å². The molecule has 0 amide bonds. The largest absolute Gasteiger partial charge is 0.317 e. The minimum atomic E-state index is 0.681. The van der Waals surface area contributed by atoms with Gasteiger partial charge >= 0.3 is 0 Å². The first-order chi connectivity index (χ1) is 10.2. The normalized spacial score (nSPS) is 26.0. The fourth-order valence-corrected chi connectivity index (χ4v) is 4.03. The molecule has 1 N–H and O–H groups in total. The first-order valence-electron chi connectivity index (χ1n) is 8.29. The van der Waals surface area contributed by atoms with E-state index in [1.54, 1.807) is 0 Å². The molecule has 118 valence electrons. The van der Waals surface area contributed by atoms with Crippen molar-refractivity contribution in [3.8, 4) is 0 Å². The van der Waals surface area contributed by atoms with Crippen molar-refractivity contribution in [3.05, 3.63) is 33.8 Å². The lowest BCUT2D eigenvalue weighted by molar-refractivity contribution is 0.172. The van der Waals surface area contributed by atoms with E-state index in [0.717, 1.165) is 42.3 Å². The highest BCUT2D eigenvalue weighted by atomic mass is 35.5. The third kappa shape index (κ3) is 4.61. The molecule has 1 saturated carbocycles. The van der Waals surface area contributed by atoms with Crippen LogP contribution in [0, 0.1) is 17.8 Å². The monoisotopic (exact) mass is 327 g/mol. The van der Waals surface area contributed by atoms with Crippen LogP contribution in [0.4, 0.5) is 0 Å². The molecule has 1 aromatic carbocycles. The van der Waals surface area contributed by atoms with Crippen molar-refractivity contribution in [1.82, 2.24) is 5.32 Å². The number of halogens is 2. The van der Waals surface area contributed by atoms with Crippen molar-refractivity contribution in [1.29, 1.82) is 0 Å². The summed E-state index contributed by atoms with van der Waals surface area (Å²) in [4.78, 5) is 0. The van der Waals surface area contributed by atoms with Crippen LogP contribution in [-0.2, 0) is 6.42 Å². The molecule has 3 heteroatoms. The van der Waals surface area contributed by atoms with Gasteiger partial charge in [0.1, 0.15) is 0 Å². The predicted molar refractivity (Wildman–Crippen MR) is 93.3 cm³/mol. The number of hydrogen-bond donors (Lipinski definition) is 1. The summed E-state index contributed by atoms with van der Waals surface area (Å²) in [7, 11) is 0. The van der Waals surface area contributed by atoms with Gasteiger partial charge in [-0.25, -0.2) is 0 Å². The molecule has 1 nitrogen and oxygen atoms in total. The molecule has 21 heavy (non-hydrogen) atoms. The number of rotatable bonds is 6. The molecule has 0 bridgehead atoms. The van der Waals surface area contributed by atoms with Crippen molar-refractivity contribution in [3.63, 3.8) is 0 Å². The zero-order valence-electron chi connectivity index (χ0n) is 13.2. The van der Waals surface area contributed by atoms with Crippen molar-refractivity contribution < 1.29 is 0 Å². The topological polar surface area (TPSA) is 12.0 Å². The maximum atomic E-state index is 6.39. The van der Waals surface area contributed by atoms with Gasteiger partial charge in [-0.05, 0) is 61.7 Å². The molecule has 3 unspecified atom stereocenters. The molecule has 1 aliphatic carbocycles. The second-order valence-corrected chi connectivity index (χ2v) is 7.12. The van der Waals surface area contributed by atoms with E-state index in [1.807, 2.05) is 12.1 Å².